The highest BCUT2D eigenvalue weighted by atomic mass is 16.5. The summed E-state index contributed by atoms with van der Waals surface area (Å²) in [6, 6.07) is 16.6. The summed E-state index contributed by atoms with van der Waals surface area (Å²) < 4.78 is 5.67. The van der Waals surface area contributed by atoms with Crippen LogP contribution < -0.4 is 4.74 Å². The van der Waals surface area contributed by atoms with Gasteiger partial charge in [-0.15, -0.1) is 0 Å². The van der Waals surface area contributed by atoms with Gasteiger partial charge in [0.25, 0.3) is 0 Å². The van der Waals surface area contributed by atoms with E-state index in [1.807, 2.05) is 42.5 Å². The van der Waals surface area contributed by atoms with Crippen molar-refractivity contribution in [3.63, 3.8) is 0 Å². The Morgan fingerprint density at radius 2 is 1.86 bits per heavy atom. The standard InChI is InChI=1S/C17H19NO3/c1-13(18-20)14-7-6-10-16(11-14)21-12-17(2,19)15-8-4-3-5-9-15/h3-11,19-20H,12H2,1-2H3. The zero-order chi connectivity index (χ0) is 15.3. The molecule has 0 saturated carbocycles. The Hall–Kier alpha value is -2.33. The first-order valence-corrected chi connectivity index (χ1v) is 6.73. The molecule has 4 heteroatoms. The smallest absolute Gasteiger partial charge is 0.121 e. The van der Waals surface area contributed by atoms with Gasteiger partial charge in [-0.2, -0.15) is 0 Å². The van der Waals surface area contributed by atoms with Crippen LogP contribution in [0.3, 0.4) is 0 Å². The lowest BCUT2D eigenvalue weighted by atomic mass is 9.97. The fourth-order valence-corrected chi connectivity index (χ4v) is 1.97. The van der Waals surface area contributed by atoms with Crippen molar-refractivity contribution in [1.29, 1.82) is 0 Å². The van der Waals surface area contributed by atoms with E-state index in [1.165, 1.54) is 0 Å². The molecular formula is C17H19NO3. The molecule has 0 aromatic heterocycles. The molecule has 0 aliphatic heterocycles. The Bertz CT molecular complexity index is 621. The molecule has 21 heavy (non-hydrogen) atoms. The quantitative estimate of drug-likeness (QED) is 0.504. The van der Waals surface area contributed by atoms with Crippen molar-refractivity contribution in [3.8, 4) is 5.75 Å². The van der Waals surface area contributed by atoms with Crippen LogP contribution in [0, 0.1) is 0 Å². The van der Waals surface area contributed by atoms with E-state index < -0.39 is 5.60 Å². The van der Waals surface area contributed by atoms with Gasteiger partial charge in [-0.05, 0) is 31.5 Å². The Balaban J connectivity index is 2.09. The third kappa shape index (κ3) is 3.83. The van der Waals surface area contributed by atoms with Crippen LogP contribution >= 0.6 is 0 Å². The highest BCUT2D eigenvalue weighted by molar-refractivity contribution is 5.98. The van der Waals surface area contributed by atoms with Crippen LogP contribution in [-0.4, -0.2) is 22.6 Å². The monoisotopic (exact) mass is 285 g/mol. The Labute approximate surface area is 124 Å². The van der Waals surface area contributed by atoms with Gasteiger partial charge in [0.2, 0.25) is 0 Å². The van der Waals surface area contributed by atoms with Crippen LogP contribution in [0.5, 0.6) is 5.75 Å². The van der Waals surface area contributed by atoms with Gasteiger partial charge in [0, 0.05) is 5.56 Å². The second-order valence-electron chi connectivity index (χ2n) is 5.14. The summed E-state index contributed by atoms with van der Waals surface area (Å²) in [5.41, 5.74) is 1.01. The minimum atomic E-state index is -1.07. The molecule has 0 fully saturated rings. The molecule has 1 atom stereocenters. The molecule has 0 amide bonds. The van der Waals surface area contributed by atoms with Crippen molar-refractivity contribution in [2.75, 3.05) is 6.61 Å². The van der Waals surface area contributed by atoms with Gasteiger partial charge >= 0.3 is 0 Å². The van der Waals surface area contributed by atoms with Gasteiger partial charge in [0.15, 0.2) is 0 Å². The molecule has 2 aromatic rings. The Morgan fingerprint density at radius 3 is 2.52 bits per heavy atom. The molecule has 0 bridgehead atoms. The number of ether oxygens (including phenoxy) is 1. The number of benzene rings is 2. The Kier molecular flexibility index (Phi) is 4.60. The largest absolute Gasteiger partial charge is 0.490 e. The van der Waals surface area contributed by atoms with E-state index in [0.717, 1.165) is 11.1 Å². The van der Waals surface area contributed by atoms with E-state index in [4.69, 9.17) is 9.94 Å². The lowest BCUT2D eigenvalue weighted by Crippen LogP contribution is -2.29. The van der Waals surface area contributed by atoms with Crippen molar-refractivity contribution in [2.45, 2.75) is 19.4 Å². The number of oxime groups is 1. The minimum absolute atomic E-state index is 0.135. The minimum Gasteiger partial charge on any atom is -0.490 e. The van der Waals surface area contributed by atoms with E-state index in [0.29, 0.717) is 11.5 Å². The molecule has 0 saturated heterocycles. The number of hydrogen-bond acceptors (Lipinski definition) is 4. The van der Waals surface area contributed by atoms with Crippen LogP contribution in [-0.2, 0) is 5.60 Å². The molecule has 2 N–H and O–H groups in total. The summed E-state index contributed by atoms with van der Waals surface area (Å²) in [5, 5.41) is 22.4. The molecule has 110 valence electrons. The van der Waals surface area contributed by atoms with E-state index in [9.17, 15) is 5.11 Å². The van der Waals surface area contributed by atoms with E-state index in [-0.39, 0.29) is 6.61 Å². The molecule has 2 aromatic carbocycles. The van der Waals surface area contributed by atoms with Gasteiger partial charge in [-0.25, -0.2) is 0 Å². The van der Waals surface area contributed by atoms with Gasteiger partial charge < -0.3 is 15.1 Å². The Morgan fingerprint density at radius 1 is 1.14 bits per heavy atom. The molecule has 0 aliphatic carbocycles. The van der Waals surface area contributed by atoms with Crippen LogP contribution in [0.1, 0.15) is 25.0 Å². The van der Waals surface area contributed by atoms with Gasteiger partial charge in [-0.1, -0.05) is 47.6 Å². The fraction of sp³-hybridized carbons (Fsp3) is 0.235. The highest BCUT2D eigenvalue weighted by Crippen LogP contribution is 2.22. The average Bonchev–Trinajstić information content (AvgIpc) is 2.53. The number of nitrogens with zero attached hydrogens (tertiary/aromatic N) is 1. The normalized spacial score (nSPS) is 14.5. The van der Waals surface area contributed by atoms with Crippen LogP contribution in [0.15, 0.2) is 59.8 Å². The van der Waals surface area contributed by atoms with Crippen LogP contribution in [0.4, 0.5) is 0 Å². The molecular weight excluding hydrogens is 266 g/mol. The fourth-order valence-electron chi connectivity index (χ4n) is 1.97. The van der Waals surface area contributed by atoms with Crippen molar-refractivity contribution in [3.05, 3.63) is 65.7 Å². The molecule has 2 rings (SSSR count). The summed E-state index contributed by atoms with van der Waals surface area (Å²) in [4.78, 5) is 0. The van der Waals surface area contributed by atoms with E-state index >= 15 is 0 Å². The maximum Gasteiger partial charge on any atom is 0.121 e. The maximum atomic E-state index is 10.5. The number of hydrogen-bond donors (Lipinski definition) is 2. The highest BCUT2D eigenvalue weighted by Gasteiger charge is 2.23. The second kappa shape index (κ2) is 6.41. The first kappa shape index (κ1) is 15.1. The molecule has 0 heterocycles. The predicted octanol–water partition coefficient (Wildman–Crippen LogP) is 3.17. The first-order valence-electron chi connectivity index (χ1n) is 6.73. The summed E-state index contributed by atoms with van der Waals surface area (Å²) >= 11 is 0. The lowest BCUT2D eigenvalue weighted by molar-refractivity contribution is 0.00759. The average molecular weight is 285 g/mol. The first-order chi connectivity index (χ1) is 10.0. The summed E-state index contributed by atoms with van der Waals surface area (Å²) in [6.07, 6.45) is 0. The summed E-state index contributed by atoms with van der Waals surface area (Å²) in [7, 11) is 0. The van der Waals surface area contributed by atoms with E-state index in [1.54, 1.807) is 26.0 Å². The topological polar surface area (TPSA) is 62.1 Å². The number of rotatable bonds is 5. The zero-order valence-electron chi connectivity index (χ0n) is 12.2. The van der Waals surface area contributed by atoms with Crippen LogP contribution in [0.2, 0.25) is 0 Å². The van der Waals surface area contributed by atoms with Crippen molar-refractivity contribution in [1.82, 2.24) is 0 Å². The van der Waals surface area contributed by atoms with Crippen LogP contribution in [0.25, 0.3) is 0 Å². The van der Waals surface area contributed by atoms with Crippen molar-refractivity contribution >= 4 is 5.71 Å². The third-order valence-corrected chi connectivity index (χ3v) is 3.32. The lowest BCUT2D eigenvalue weighted by Gasteiger charge is -2.24. The number of aliphatic hydroxyl groups is 1. The van der Waals surface area contributed by atoms with Crippen molar-refractivity contribution < 1.29 is 15.1 Å². The third-order valence-electron chi connectivity index (χ3n) is 3.32. The summed E-state index contributed by atoms with van der Waals surface area (Å²) in [5.74, 6) is 0.617. The molecule has 1 unspecified atom stereocenters. The predicted molar refractivity (Wildman–Crippen MR) is 81.9 cm³/mol. The maximum absolute atomic E-state index is 10.5. The molecule has 0 aliphatic rings. The van der Waals surface area contributed by atoms with Gasteiger partial charge in [-0.3, -0.25) is 0 Å². The molecule has 4 nitrogen and oxygen atoms in total. The van der Waals surface area contributed by atoms with Crippen molar-refractivity contribution in [2.24, 2.45) is 5.16 Å². The second-order valence-corrected chi connectivity index (χ2v) is 5.14. The summed E-state index contributed by atoms with van der Waals surface area (Å²) in [6.45, 7) is 3.56. The van der Waals surface area contributed by atoms with Gasteiger partial charge in [0.1, 0.15) is 18.0 Å². The molecule has 0 radical (unpaired) electrons. The SMILES string of the molecule is CC(=NO)c1cccc(OCC(C)(O)c2ccccc2)c1. The van der Waals surface area contributed by atoms with Gasteiger partial charge in [0.05, 0.1) is 5.71 Å². The van der Waals surface area contributed by atoms with E-state index in [2.05, 4.69) is 5.16 Å². The molecule has 0 spiro atoms. The zero-order valence-corrected chi connectivity index (χ0v) is 12.2.